The van der Waals surface area contributed by atoms with Crippen molar-refractivity contribution in [3.8, 4) is 0 Å². The molecule has 11 nitrogen and oxygen atoms in total. The van der Waals surface area contributed by atoms with E-state index >= 15 is 0 Å². The van der Waals surface area contributed by atoms with Gasteiger partial charge in [-0.25, -0.2) is 17.9 Å². The molecule has 0 radical (unpaired) electrons. The Balaban J connectivity index is 2.18. The maximum atomic E-state index is 13.1. The Morgan fingerprint density at radius 1 is 1.03 bits per heavy atom. The fraction of sp³-hybridized carbons (Fsp3) is 0.920. The van der Waals surface area contributed by atoms with Crippen LogP contribution in [0.15, 0.2) is 0 Å². The molecular weight excluding hydrogens is 532 g/mol. The Morgan fingerprint density at radius 3 is 2.21 bits per heavy atom. The average molecular weight is 581 g/mol. The summed E-state index contributed by atoms with van der Waals surface area (Å²) in [6.45, 7) is 8.72. The van der Waals surface area contributed by atoms with E-state index in [1.807, 2.05) is 18.6 Å². The molecule has 1 saturated heterocycles. The van der Waals surface area contributed by atoms with Crippen molar-refractivity contribution in [3.05, 3.63) is 0 Å². The number of rotatable bonds is 11. The van der Waals surface area contributed by atoms with E-state index in [1.54, 1.807) is 20.8 Å². The zero-order valence-corrected chi connectivity index (χ0v) is 25.2. The molecule has 1 unspecified atom stereocenters. The highest BCUT2D eigenvalue weighted by Gasteiger charge is 2.35. The first-order chi connectivity index (χ1) is 17.5. The number of carbonyl (C=O) groups excluding carboxylic acids is 2. The SMILES string of the molecule is CC(C)CN(C[C@@H](O)[C@H](CC1CCCCC1)NC(=O)C1CCCS(=O)(=O)C1)C(=O)NS(=O)(=O)NC(C)(C)C. The molecule has 0 aromatic heterocycles. The zero-order valence-electron chi connectivity index (χ0n) is 23.5. The van der Waals surface area contributed by atoms with Gasteiger partial charge in [-0.1, -0.05) is 46.0 Å². The number of nitrogens with one attached hydrogen (secondary N) is 3. The highest BCUT2D eigenvalue weighted by Crippen LogP contribution is 2.29. The van der Waals surface area contributed by atoms with E-state index in [1.165, 1.54) is 4.90 Å². The molecule has 0 bridgehead atoms. The lowest BCUT2D eigenvalue weighted by Crippen LogP contribution is -2.56. The number of urea groups is 1. The summed E-state index contributed by atoms with van der Waals surface area (Å²) in [5, 5.41) is 14.2. The van der Waals surface area contributed by atoms with Gasteiger partial charge in [-0.05, 0) is 51.9 Å². The number of aliphatic hydroxyl groups excluding tert-OH is 1. The number of sulfone groups is 1. The van der Waals surface area contributed by atoms with Crippen LogP contribution in [0.2, 0.25) is 0 Å². The number of aliphatic hydroxyl groups is 1. The van der Waals surface area contributed by atoms with Crippen molar-refractivity contribution in [2.45, 2.75) is 104 Å². The third-order valence-corrected chi connectivity index (χ3v) is 10.0. The molecule has 222 valence electrons. The standard InChI is InChI=1S/C25H48N4O7S2/c1-18(2)15-29(24(32)27-38(35,36)28-25(3,4)5)16-22(30)21(14-19-10-7-6-8-11-19)26-23(31)20-12-9-13-37(33,34)17-20/h18-22,28,30H,6-17H2,1-5H3,(H,26,31)(H,27,32)/t20?,21-,22+/m0/s1. The summed E-state index contributed by atoms with van der Waals surface area (Å²) in [5.41, 5.74) is -0.795. The van der Waals surface area contributed by atoms with E-state index in [4.69, 9.17) is 0 Å². The molecule has 2 fully saturated rings. The second-order valence-corrected chi connectivity index (χ2v) is 16.1. The monoisotopic (exact) mass is 580 g/mol. The van der Waals surface area contributed by atoms with Crippen LogP contribution in [0, 0.1) is 17.8 Å². The van der Waals surface area contributed by atoms with E-state index in [-0.39, 0.29) is 30.5 Å². The Hall–Kier alpha value is -1.44. The van der Waals surface area contributed by atoms with Gasteiger partial charge in [-0.3, -0.25) is 4.79 Å². The number of carbonyl (C=O) groups is 2. The van der Waals surface area contributed by atoms with Gasteiger partial charge in [0.15, 0.2) is 9.84 Å². The molecule has 3 amide bonds. The van der Waals surface area contributed by atoms with Crippen LogP contribution in [0.5, 0.6) is 0 Å². The third kappa shape index (κ3) is 11.7. The predicted octanol–water partition coefficient (Wildman–Crippen LogP) is 1.93. The summed E-state index contributed by atoms with van der Waals surface area (Å²) in [6, 6.07) is -1.56. The first-order valence-electron chi connectivity index (χ1n) is 13.8. The molecule has 3 atom stereocenters. The molecule has 38 heavy (non-hydrogen) atoms. The average Bonchev–Trinajstić information content (AvgIpc) is 2.75. The Morgan fingerprint density at radius 2 is 1.66 bits per heavy atom. The first kappa shape index (κ1) is 32.8. The van der Waals surface area contributed by atoms with Gasteiger partial charge < -0.3 is 15.3 Å². The van der Waals surface area contributed by atoms with E-state index in [2.05, 4.69) is 10.0 Å². The lowest BCUT2D eigenvalue weighted by Gasteiger charge is -2.34. The van der Waals surface area contributed by atoms with Gasteiger partial charge in [0.1, 0.15) is 0 Å². The van der Waals surface area contributed by atoms with Crippen LogP contribution < -0.4 is 14.8 Å². The third-order valence-electron chi connectivity index (χ3n) is 6.88. The summed E-state index contributed by atoms with van der Waals surface area (Å²) in [7, 11) is -7.42. The van der Waals surface area contributed by atoms with Crippen molar-refractivity contribution in [1.29, 1.82) is 0 Å². The maximum Gasteiger partial charge on any atom is 0.332 e. The van der Waals surface area contributed by atoms with Crippen molar-refractivity contribution >= 4 is 32.0 Å². The number of hydrogen-bond donors (Lipinski definition) is 4. The number of amides is 3. The topological polar surface area (TPSA) is 162 Å². The molecule has 13 heteroatoms. The fourth-order valence-corrected chi connectivity index (χ4v) is 8.19. The van der Waals surface area contributed by atoms with Crippen LogP contribution in [0.1, 0.15) is 86.0 Å². The van der Waals surface area contributed by atoms with Gasteiger partial charge in [0.25, 0.3) is 0 Å². The molecular formula is C25H48N4O7S2. The van der Waals surface area contributed by atoms with E-state index in [0.29, 0.717) is 25.2 Å². The fourth-order valence-electron chi connectivity index (χ4n) is 5.27. The van der Waals surface area contributed by atoms with Gasteiger partial charge in [0.05, 0.1) is 36.1 Å². The van der Waals surface area contributed by atoms with Gasteiger partial charge in [-0.15, -0.1) is 0 Å². The van der Waals surface area contributed by atoms with Gasteiger partial charge in [0.2, 0.25) is 5.91 Å². The van der Waals surface area contributed by atoms with Crippen LogP contribution in [-0.4, -0.2) is 81.1 Å². The van der Waals surface area contributed by atoms with Gasteiger partial charge in [-0.2, -0.15) is 13.1 Å². The zero-order chi connectivity index (χ0) is 28.7. The minimum atomic E-state index is -4.14. The summed E-state index contributed by atoms with van der Waals surface area (Å²) in [6.07, 6.45) is 5.49. The molecule has 1 aliphatic heterocycles. The van der Waals surface area contributed by atoms with Crippen molar-refractivity contribution in [1.82, 2.24) is 19.7 Å². The summed E-state index contributed by atoms with van der Waals surface area (Å²) in [5.74, 6) is -0.904. The molecule has 1 aliphatic carbocycles. The molecule has 4 N–H and O–H groups in total. The molecule has 0 aromatic rings. The van der Waals surface area contributed by atoms with Crippen LogP contribution in [0.4, 0.5) is 4.79 Å². The number of hydrogen-bond acceptors (Lipinski definition) is 7. The Labute approximate surface area is 229 Å². The van der Waals surface area contributed by atoms with E-state index < -0.39 is 55.6 Å². The second-order valence-electron chi connectivity index (χ2n) is 12.4. The summed E-state index contributed by atoms with van der Waals surface area (Å²) >= 11 is 0. The maximum absolute atomic E-state index is 13.1. The van der Waals surface area contributed by atoms with Gasteiger partial charge in [0, 0.05) is 12.1 Å². The van der Waals surface area contributed by atoms with Crippen molar-refractivity contribution in [3.63, 3.8) is 0 Å². The van der Waals surface area contributed by atoms with Crippen LogP contribution >= 0.6 is 0 Å². The first-order valence-corrected chi connectivity index (χ1v) is 17.1. The van der Waals surface area contributed by atoms with E-state index in [9.17, 15) is 31.5 Å². The summed E-state index contributed by atoms with van der Waals surface area (Å²) < 4.78 is 53.5. The minimum absolute atomic E-state index is 0.00920. The Kier molecular flexibility index (Phi) is 11.9. The molecule has 0 aromatic carbocycles. The van der Waals surface area contributed by atoms with Crippen molar-refractivity contribution in [2.75, 3.05) is 24.6 Å². The smallest absolute Gasteiger partial charge is 0.332 e. The quantitative estimate of drug-likeness (QED) is 0.290. The van der Waals surface area contributed by atoms with Crippen molar-refractivity contribution < 1.29 is 31.5 Å². The van der Waals surface area contributed by atoms with Gasteiger partial charge >= 0.3 is 16.2 Å². The molecule has 2 rings (SSSR count). The molecule has 2 aliphatic rings. The summed E-state index contributed by atoms with van der Waals surface area (Å²) in [4.78, 5) is 27.3. The highest BCUT2D eigenvalue weighted by atomic mass is 32.2. The minimum Gasteiger partial charge on any atom is -0.389 e. The number of nitrogens with zero attached hydrogens (tertiary/aromatic N) is 1. The molecule has 1 heterocycles. The molecule has 1 saturated carbocycles. The largest absolute Gasteiger partial charge is 0.389 e. The van der Waals surface area contributed by atoms with Crippen LogP contribution in [0.3, 0.4) is 0 Å². The lowest BCUT2D eigenvalue weighted by molar-refractivity contribution is -0.126. The van der Waals surface area contributed by atoms with Crippen molar-refractivity contribution in [2.24, 2.45) is 17.8 Å². The normalized spacial score (nSPS) is 22.4. The molecule has 0 spiro atoms. The lowest BCUT2D eigenvalue weighted by atomic mass is 9.83. The van der Waals surface area contributed by atoms with Crippen LogP contribution in [-0.2, 0) is 24.8 Å². The predicted molar refractivity (Wildman–Crippen MR) is 147 cm³/mol. The highest BCUT2D eigenvalue weighted by molar-refractivity contribution is 7.91. The van der Waals surface area contributed by atoms with Crippen LogP contribution in [0.25, 0.3) is 0 Å². The Bertz CT molecular complexity index is 1000. The second kappa shape index (κ2) is 13.8. The van der Waals surface area contributed by atoms with E-state index in [0.717, 1.165) is 32.1 Å².